The summed E-state index contributed by atoms with van der Waals surface area (Å²) in [5.74, 6) is -4.29. The molecule has 0 radical (unpaired) electrons. The Morgan fingerprint density at radius 1 is 1.65 bits per heavy atom. The highest BCUT2D eigenvalue weighted by Crippen LogP contribution is 2.07. The molecule has 0 aromatic heterocycles. The number of nitrogens with zero attached hydrogens (tertiary/aromatic N) is 1. The number of aliphatic carboxylic acids is 1. The van der Waals surface area contributed by atoms with Crippen LogP contribution in [0.15, 0.2) is 24.3 Å². The average molecular weight is 303 g/mol. The van der Waals surface area contributed by atoms with E-state index in [9.17, 15) is 9.18 Å². The highest BCUT2D eigenvalue weighted by atomic mass is 35.5. The zero-order chi connectivity index (χ0) is 15.8. The summed E-state index contributed by atoms with van der Waals surface area (Å²) in [7, 11) is 0. The Balaban J connectivity index is 0.000000370. The second kappa shape index (κ2) is 8.48. The third-order valence-electron chi connectivity index (χ3n) is 2.38. The lowest BCUT2D eigenvalue weighted by Gasteiger charge is -2.16. The Labute approximate surface area is 121 Å². The van der Waals surface area contributed by atoms with Crippen LogP contribution in [0.3, 0.4) is 0 Å². The molecular formula is C13H16ClFN2O3. The number of alkyl halides is 2. The van der Waals surface area contributed by atoms with Crippen LogP contribution in [0.25, 0.3) is 0 Å². The van der Waals surface area contributed by atoms with Crippen LogP contribution in [-0.4, -0.2) is 34.0 Å². The fraction of sp³-hybridized carbons (Fsp3) is 0.385. The minimum absolute atomic E-state index is 0.606. The SMILES string of the molecule is C[C@H](O)[C@](N)(F)C(=O)O.N#Cc1cccc(CCCl)c1. The van der Waals surface area contributed by atoms with Crippen molar-refractivity contribution in [3.05, 3.63) is 35.4 Å². The molecule has 20 heavy (non-hydrogen) atoms. The number of nitrogens with two attached hydrogens (primary N) is 1. The number of halogens is 2. The van der Waals surface area contributed by atoms with Crippen molar-refractivity contribution in [2.24, 2.45) is 5.73 Å². The second-order valence-corrected chi connectivity index (χ2v) is 4.38. The van der Waals surface area contributed by atoms with Crippen molar-refractivity contribution >= 4 is 17.6 Å². The molecule has 0 aliphatic carbocycles. The number of aliphatic hydroxyl groups is 1. The van der Waals surface area contributed by atoms with Gasteiger partial charge in [0.1, 0.15) is 6.10 Å². The van der Waals surface area contributed by atoms with Gasteiger partial charge in [-0.25, -0.2) is 9.18 Å². The van der Waals surface area contributed by atoms with Crippen molar-refractivity contribution in [3.63, 3.8) is 0 Å². The summed E-state index contributed by atoms with van der Waals surface area (Å²) in [5, 5.41) is 24.9. The predicted molar refractivity (Wildman–Crippen MR) is 72.9 cm³/mol. The van der Waals surface area contributed by atoms with Gasteiger partial charge in [0.05, 0.1) is 11.6 Å². The van der Waals surface area contributed by atoms with Gasteiger partial charge < -0.3 is 10.2 Å². The van der Waals surface area contributed by atoms with Gasteiger partial charge in [-0.1, -0.05) is 12.1 Å². The lowest BCUT2D eigenvalue weighted by atomic mass is 10.1. The number of hydrogen-bond donors (Lipinski definition) is 3. The summed E-state index contributed by atoms with van der Waals surface area (Å²) in [6.07, 6.45) is -0.869. The third-order valence-corrected chi connectivity index (χ3v) is 2.56. The van der Waals surface area contributed by atoms with Gasteiger partial charge in [0.2, 0.25) is 0 Å². The summed E-state index contributed by atoms with van der Waals surface area (Å²) in [6.45, 7) is 0.966. The maximum Gasteiger partial charge on any atom is 0.359 e. The zero-order valence-corrected chi connectivity index (χ0v) is 11.6. The molecule has 0 unspecified atom stereocenters. The highest BCUT2D eigenvalue weighted by molar-refractivity contribution is 6.17. The molecule has 0 spiro atoms. The van der Waals surface area contributed by atoms with Gasteiger partial charge in [0, 0.05) is 5.88 Å². The van der Waals surface area contributed by atoms with Crippen LogP contribution < -0.4 is 5.73 Å². The lowest BCUT2D eigenvalue weighted by molar-refractivity contribution is -0.158. The zero-order valence-electron chi connectivity index (χ0n) is 10.9. The van der Waals surface area contributed by atoms with Crippen LogP contribution in [0.4, 0.5) is 4.39 Å². The van der Waals surface area contributed by atoms with E-state index in [1.54, 1.807) is 6.07 Å². The number of nitriles is 1. The first-order valence-corrected chi connectivity index (χ1v) is 6.23. The molecule has 1 rings (SSSR count). The molecule has 0 fully saturated rings. The van der Waals surface area contributed by atoms with Crippen LogP contribution in [-0.2, 0) is 11.2 Å². The van der Waals surface area contributed by atoms with Gasteiger partial charge >= 0.3 is 5.97 Å². The normalized spacial score (nSPS) is 14.2. The topological polar surface area (TPSA) is 107 Å². The molecule has 0 aliphatic rings. The minimum atomic E-state index is -3.03. The predicted octanol–water partition coefficient (Wildman–Crippen LogP) is 1.42. The average Bonchev–Trinajstić information content (AvgIpc) is 2.39. The van der Waals surface area contributed by atoms with Crippen LogP contribution in [0.5, 0.6) is 0 Å². The van der Waals surface area contributed by atoms with Gasteiger partial charge in [-0.3, -0.25) is 5.73 Å². The number of carbonyl (C=O) groups is 1. The van der Waals surface area contributed by atoms with E-state index in [0.717, 1.165) is 18.9 Å². The van der Waals surface area contributed by atoms with Gasteiger partial charge in [-0.15, -0.1) is 11.6 Å². The molecule has 1 aromatic rings. The highest BCUT2D eigenvalue weighted by Gasteiger charge is 2.39. The Morgan fingerprint density at radius 3 is 2.60 bits per heavy atom. The minimum Gasteiger partial charge on any atom is -0.478 e. The third kappa shape index (κ3) is 5.97. The molecule has 110 valence electrons. The molecule has 1 aromatic carbocycles. The van der Waals surface area contributed by atoms with E-state index in [1.165, 1.54) is 0 Å². The molecule has 2 atom stereocenters. The van der Waals surface area contributed by atoms with Crippen LogP contribution >= 0.6 is 11.6 Å². The monoisotopic (exact) mass is 302 g/mol. The molecule has 0 aliphatic heterocycles. The van der Waals surface area contributed by atoms with Gasteiger partial charge in [0.15, 0.2) is 0 Å². The summed E-state index contributed by atoms with van der Waals surface area (Å²) >= 11 is 5.55. The van der Waals surface area contributed by atoms with E-state index < -0.39 is 17.9 Å². The summed E-state index contributed by atoms with van der Waals surface area (Å²) in [5.41, 5.74) is 6.31. The summed E-state index contributed by atoms with van der Waals surface area (Å²) in [6, 6.07) is 9.59. The molecule has 0 saturated heterocycles. The largest absolute Gasteiger partial charge is 0.478 e. The van der Waals surface area contributed by atoms with Crippen LogP contribution in [0.2, 0.25) is 0 Å². The van der Waals surface area contributed by atoms with E-state index in [2.05, 4.69) is 11.8 Å². The molecule has 0 saturated carbocycles. The maximum absolute atomic E-state index is 12.3. The molecule has 4 N–H and O–H groups in total. The van der Waals surface area contributed by atoms with Crippen LogP contribution in [0.1, 0.15) is 18.1 Å². The van der Waals surface area contributed by atoms with Gasteiger partial charge in [-0.2, -0.15) is 5.26 Å². The van der Waals surface area contributed by atoms with Gasteiger partial charge in [0.25, 0.3) is 5.79 Å². The fourth-order valence-corrected chi connectivity index (χ4v) is 1.30. The van der Waals surface area contributed by atoms with Crippen molar-refractivity contribution in [2.75, 3.05) is 5.88 Å². The van der Waals surface area contributed by atoms with E-state index >= 15 is 0 Å². The summed E-state index contributed by atoms with van der Waals surface area (Å²) < 4.78 is 12.3. The number of hydrogen-bond acceptors (Lipinski definition) is 4. The Kier molecular flexibility index (Phi) is 7.77. The van der Waals surface area contributed by atoms with Crippen molar-refractivity contribution in [1.29, 1.82) is 5.26 Å². The lowest BCUT2D eigenvalue weighted by Crippen LogP contribution is -2.52. The summed E-state index contributed by atoms with van der Waals surface area (Å²) in [4.78, 5) is 9.80. The van der Waals surface area contributed by atoms with E-state index in [4.69, 9.17) is 27.1 Å². The van der Waals surface area contributed by atoms with E-state index in [0.29, 0.717) is 11.4 Å². The molecule has 0 amide bonds. The van der Waals surface area contributed by atoms with Crippen molar-refractivity contribution < 1.29 is 19.4 Å². The number of benzene rings is 1. The van der Waals surface area contributed by atoms with E-state index in [1.807, 2.05) is 18.2 Å². The maximum atomic E-state index is 12.3. The van der Waals surface area contributed by atoms with Crippen LogP contribution in [0, 0.1) is 11.3 Å². The first kappa shape index (κ1) is 18.3. The number of aliphatic hydroxyl groups excluding tert-OH is 1. The van der Waals surface area contributed by atoms with Gasteiger partial charge in [-0.05, 0) is 31.0 Å². The number of carboxylic acid groups (broad SMARTS) is 1. The number of aryl methyl sites for hydroxylation is 1. The first-order valence-electron chi connectivity index (χ1n) is 5.70. The second-order valence-electron chi connectivity index (χ2n) is 4.00. The fourth-order valence-electron chi connectivity index (χ4n) is 1.08. The quantitative estimate of drug-likeness (QED) is 0.576. The molecule has 7 heteroatoms. The van der Waals surface area contributed by atoms with Crippen molar-refractivity contribution in [3.8, 4) is 6.07 Å². The standard InChI is InChI=1S/C9H8ClN.C4H8FNO3/c10-5-4-8-2-1-3-9(6-8)7-11;1-2(7)4(5,6)3(8)9/h1-3,6H,4-5H2;2,7H,6H2,1H3,(H,8,9)/t;2-,4+/m.0/s1. The first-order chi connectivity index (χ1) is 9.25. The van der Waals surface area contributed by atoms with Crippen molar-refractivity contribution in [2.45, 2.75) is 25.2 Å². The molecule has 0 bridgehead atoms. The Bertz CT molecular complexity index is 487. The van der Waals surface area contributed by atoms with E-state index in [-0.39, 0.29) is 0 Å². The Morgan fingerprint density at radius 2 is 2.25 bits per heavy atom. The molecule has 5 nitrogen and oxygen atoms in total. The number of carboxylic acids is 1. The van der Waals surface area contributed by atoms with Crippen molar-refractivity contribution in [1.82, 2.24) is 0 Å². The Hall–Kier alpha value is -1.68. The number of rotatable bonds is 4. The smallest absolute Gasteiger partial charge is 0.359 e. The molecule has 0 heterocycles. The molecular weight excluding hydrogens is 287 g/mol.